The van der Waals surface area contributed by atoms with Crippen molar-refractivity contribution >= 4 is 17.9 Å². The zero-order valence-corrected chi connectivity index (χ0v) is 26.7. The van der Waals surface area contributed by atoms with Crippen LogP contribution >= 0.6 is 0 Å². The highest BCUT2D eigenvalue weighted by molar-refractivity contribution is 5.92. The van der Waals surface area contributed by atoms with Crippen LogP contribution < -0.4 is 15.2 Å². The number of benzene rings is 2. The van der Waals surface area contributed by atoms with Crippen molar-refractivity contribution < 1.29 is 37.7 Å². The number of nitrogens with zero attached hydrogens (tertiary/aromatic N) is 3. The molecule has 12 heteroatoms. The number of hydrogen-bond donors (Lipinski definition) is 1. The van der Waals surface area contributed by atoms with Crippen molar-refractivity contribution in [1.82, 2.24) is 20.0 Å². The van der Waals surface area contributed by atoms with E-state index >= 15 is 0 Å². The number of fused-ring (bicyclic) bond motifs is 2. The number of rotatable bonds is 9. The molecule has 1 saturated carbocycles. The fraction of sp³-hybridized carbons (Fsp3) is 0.571. The van der Waals surface area contributed by atoms with E-state index in [9.17, 15) is 28.3 Å². The summed E-state index contributed by atoms with van der Waals surface area (Å²) in [5.74, 6) is -3.74. The summed E-state index contributed by atoms with van der Waals surface area (Å²) in [6.45, 7) is 3.80. The Labute approximate surface area is 274 Å². The number of piperazine rings is 1. The maximum absolute atomic E-state index is 14.9. The van der Waals surface area contributed by atoms with Crippen molar-refractivity contribution in [3.05, 3.63) is 65.7 Å². The van der Waals surface area contributed by atoms with Crippen LogP contribution in [0.5, 0.6) is 5.75 Å². The molecule has 2 aromatic rings. The van der Waals surface area contributed by atoms with E-state index < -0.39 is 48.8 Å². The zero-order chi connectivity index (χ0) is 33.1. The monoisotopic (exact) mass is 653 g/mol. The molecular formula is C35H43F2N4O6-. The number of ether oxygens (including phenoxy) is 2. The van der Waals surface area contributed by atoms with Crippen molar-refractivity contribution in [2.24, 2.45) is 5.92 Å². The molecule has 1 aliphatic carbocycles. The first-order chi connectivity index (χ1) is 22.6. The molecule has 3 fully saturated rings. The van der Waals surface area contributed by atoms with Gasteiger partial charge in [0.15, 0.2) is 0 Å². The third-order valence-electron chi connectivity index (χ3n) is 10.2. The van der Waals surface area contributed by atoms with E-state index in [1.54, 1.807) is 30.3 Å². The van der Waals surface area contributed by atoms with Crippen molar-refractivity contribution in [2.45, 2.75) is 88.2 Å². The van der Waals surface area contributed by atoms with Crippen molar-refractivity contribution in [3.63, 3.8) is 0 Å². The largest absolute Gasteiger partial charge is 0.530 e. The highest BCUT2D eigenvalue weighted by atomic mass is 19.3. The molecule has 0 spiro atoms. The Bertz CT molecular complexity index is 1420. The van der Waals surface area contributed by atoms with Gasteiger partial charge in [-0.05, 0) is 43.7 Å². The normalized spacial score (nSPS) is 26.4. The maximum atomic E-state index is 14.9. The Morgan fingerprint density at radius 1 is 1.04 bits per heavy atom. The first-order valence-corrected chi connectivity index (χ1v) is 16.7. The van der Waals surface area contributed by atoms with Crippen LogP contribution in [0.25, 0.3) is 0 Å². The van der Waals surface area contributed by atoms with Gasteiger partial charge in [0, 0.05) is 63.7 Å². The lowest BCUT2D eigenvalue weighted by Crippen LogP contribution is -2.67. The number of amides is 3. The van der Waals surface area contributed by atoms with E-state index in [2.05, 4.69) is 10.2 Å². The van der Waals surface area contributed by atoms with Crippen molar-refractivity contribution in [3.8, 4) is 5.75 Å². The topological polar surface area (TPSA) is 114 Å². The van der Waals surface area contributed by atoms with E-state index in [4.69, 9.17) is 9.47 Å². The van der Waals surface area contributed by atoms with Gasteiger partial charge in [-0.25, -0.2) is 8.78 Å². The predicted molar refractivity (Wildman–Crippen MR) is 166 cm³/mol. The number of carbonyl (C=O) groups is 3. The van der Waals surface area contributed by atoms with Gasteiger partial charge < -0.3 is 34.5 Å². The highest BCUT2D eigenvalue weighted by Gasteiger charge is 2.49. The Hall–Kier alpha value is -3.77. The van der Waals surface area contributed by atoms with Crippen LogP contribution in [0.4, 0.5) is 13.6 Å². The summed E-state index contributed by atoms with van der Waals surface area (Å²) in [6.07, 6.45) is -1.31. The number of para-hydroxylation sites is 1. The number of halogens is 2. The molecule has 2 saturated heterocycles. The van der Waals surface area contributed by atoms with Crippen LogP contribution in [-0.2, 0) is 20.9 Å². The lowest BCUT2D eigenvalue weighted by atomic mass is 9.80. The van der Waals surface area contributed by atoms with Gasteiger partial charge >= 0.3 is 0 Å². The van der Waals surface area contributed by atoms with E-state index in [0.29, 0.717) is 43.9 Å². The van der Waals surface area contributed by atoms with Crippen LogP contribution in [-0.4, -0.2) is 95.6 Å². The molecule has 4 aliphatic rings. The van der Waals surface area contributed by atoms with Gasteiger partial charge in [0.2, 0.25) is 17.7 Å². The molecular weight excluding hydrogens is 610 g/mol. The molecule has 0 unspecified atom stereocenters. The van der Waals surface area contributed by atoms with Gasteiger partial charge in [0.05, 0.1) is 18.8 Å². The Morgan fingerprint density at radius 2 is 1.77 bits per heavy atom. The Balaban J connectivity index is 1.32. The van der Waals surface area contributed by atoms with Gasteiger partial charge in [-0.1, -0.05) is 48.5 Å². The first kappa shape index (κ1) is 33.1. The minimum Gasteiger partial charge on any atom is -0.530 e. The summed E-state index contributed by atoms with van der Waals surface area (Å²) >= 11 is 0. The molecule has 0 bridgehead atoms. The molecule has 0 aromatic heterocycles. The standard InChI is InChI=1S/C35H44F2N4O6/c1-2-46-26-18-25-20-40(29(22-39(25)21-26)32(42)38-28-14-17-47-30-11-7-6-10-27(28)30)33(43)31(24-12-15-35(36,37)16-13-24)41(34(44)45)19-23-8-4-3-5-9-23/h3-11,24-26,28-29,31H,2,12-22H2,1H3,(H,38,42)(H,44,45)/p-1/t25-,26+,28-,29+,31+/m1/s1. The minimum atomic E-state index is -2.87. The number of alkyl halides is 2. The molecule has 2 aromatic carbocycles. The summed E-state index contributed by atoms with van der Waals surface area (Å²) in [5, 5.41) is 15.9. The molecule has 5 atom stereocenters. The van der Waals surface area contributed by atoms with Crippen LogP contribution in [0.2, 0.25) is 0 Å². The molecule has 0 radical (unpaired) electrons. The second kappa shape index (κ2) is 14.1. The summed E-state index contributed by atoms with van der Waals surface area (Å²) < 4.78 is 40.4. The second-order valence-electron chi connectivity index (χ2n) is 13.2. The van der Waals surface area contributed by atoms with E-state index in [1.807, 2.05) is 31.2 Å². The fourth-order valence-corrected chi connectivity index (χ4v) is 7.80. The van der Waals surface area contributed by atoms with Crippen LogP contribution in [0.15, 0.2) is 54.6 Å². The quantitative estimate of drug-likeness (QED) is 0.442. The molecule has 3 aliphatic heterocycles. The summed E-state index contributed by atoms with van der Waals surface area (Å²) in [4.78, 5) is 46.5. The van der Waals surface area contributed by atoms with E-state index in [0.717, 1.165) is 10.5 Å². The number of nitrogens with one attached hydrogen (secondary N) is 1. The maximum Gasteiger partial charge on any atom is 0.248 e. The number of carboxylic acid groups (broad SMARTS) is 1. The average Bonchev–Trinajstić information content (AvgIpc) is 3.46. The first-order valence-electron chi connectivity index (χ1n) is 16.7. The molecule has 47 heavy (non-hydrogen) atoms. The fourth-order valence-electron chi connectivity index (χ4n) is 7.80. The molecule has 10 nitrogen and oxygen atoms in total. The summed E-state index contributed by atoms with van der Waals surface area (Å²) in [5.41, 5.74) is 1.49. The minimum absolute atomic E-state index is 0.0203. The third-order valence-corrected chi connectivity index (χ3v) is 10.2. The van der Waals surface area contributed by atoms with E-state index in [-0.39, 0.29) is 56.6 Å². The molecule has 254 valence electrons. The molecule has 3 heterocycles. The summed E-state index contributed by atoms with van der Waals surface area (Å²) in [6, 6.07) is 13.7. The predicted octanol–water partition coefficient (Wildman–Crippen LogP) is 3.36. The van der Waals surface area contributed by atoms with Crippen molar-refractivity contribution in [1.29, 1.82) is 0 Å². The number of carbonyl (C=O) groups excluding carboxylic acids is 3. The van der Waals surface area contributed by atoms with Gasteiger partial charge in [0.1, 0.15) is 23.9 Å². The van der Waals surface area contributed by atoms with Crippen LogP contribution in [0, 0.1) is 5.92 Å². The molecule has 6 rings (SSSR count). The smallest absolute Gasteiger partial charge is 0.248 e. The lowest BCUT2D eigenvalue weighted by Gasteiger charge is -2.47. The summed E-state index contributed by atoms with van der Waals surface area (Å²) in [7, 11) is 0. The van der Waals surface area contributed by atoms with Crippen molar-refractivity contribution in [2.75, 3.05) is 32.8 Å². The number of hydrogen-bond acceptors (Lipinski definition) is 7. The Kier molecular flexibility index (Phi) is 9.98. The molecule has 3 amide bonds. The van der Waals surface area contributed by atoms with Gasteiger partial charge in [-0.3, -0.25) is 14.5 Å². The second-order valence-corrected chi connectivity index (χ2v) is 13.2. The Morgan fingerprint density at radius 3 is 2.49 bits per heavy atom. The van der Waals surface area contributed by atoms with Crippen LogP contribution in [0.3, 0.4) is 0 Å². The third kappa shape index (κ3) is 7.38. The molecule has 1 N–H and O–H groups in total. The van der Waals surface area contributed by atoms with Gasteiger partial charge in [-0.2, -0.15) is 0 Å². The van der Waals surface area contributed by atoms with E-state index in [1.165, 1.54) is 4.90 Å². The van der Waals surface area contributed by atoms with Gasteiger partial charge in [-0.15, -0.1) is 0 Å². The van der Waals surface area contributed by atoms with Gasteiger partial charge in [0.25, 0.3) is 0 Å². The van der Waals surface area contributed by atoms with Crippen LogP contribution in [0.1, 0.15) is 62.6 Å². The zero-order valence-electron chi connectivity index (χ0n) is 26.7. The highest BCUT2D eigenvalue weighted by Crippen LogP contribution is 2.40. The lowest BCUT2D eigenvalue weighted by molar-refractivity contribution is -0.270. The SMILES string of the molecule is CCO[C@H]1C[C@@H]2CN(C(=O)[C@H](C3CCC(F)(F)CC3)N(Cc3ccccc3)C(=O)[O-])[C@H](C(=O)N[C@@H]3CCOc4ccccc43)CN2C1. The average molecular weight is 654 g/mol.